The number of aliphatic hydroxyl groups excluding tert-OH is 1. The summed E-state index contributed by atoms with van der Waals surface area (Å²) in [4.78, 5) is 26.1. The number of anilines is 1. The van der Waals surface area contributed by atoms with Crippen LogP contribution in [0.2, 0.25) is 0 Å². The number of carbonyl (C=O) groups is 2. The second-order valence-electron chi connectivity index (χ2n) is 6.81. The maximum Gasteiger partial charge on any atom is 0.224 e. The Bertz CT molecular complexity index is 607. The molecule has 0 radical (unpaired) electrons. The summed E-state index contributed by atoms with van der Waals surface area (Å²) in [5, 5.41) is 12.5. The van der Waals surface area contributed by atoms with Crippen LogP contribution in [0.1, 0.15) is 49.7 Å². The van der Waals surface area contributed by atoms with Gasteiger partial charge in [-0.05, 0) is 55.7 Å². The molecular weight excluding hydrogens is 304 g/mol. The van der Waals surface area contributed by atoms with Crippen molar-refractivity contribution in [3.05, 3.63) is 29.3 Å². The molecule has 2 N–H and O–H groups in total. The maximum atomic E-state index is 12.2. The van der Waals surface area contributed by atoms with Crippen LogP contribution >= 0.6 is 0 Å². The molecule has 1 aromatic rings. The Kier molecular flexibility index (Phi) is 5.51. The molecule has 1 aromatic carbocycles. The van der Waals surface area contributed by atoms with Gasteiger partial charge in [0.2, 0.25) is 11.8 Å². The third kappa shape index (κ3) is 4.15. The molecule has 5 nitrogen and oxygen atoms in total. The van der Waals surface area contributed by atoms with Crippen LogP contribution in [-0.4, -0.2) is 41.0 Å². The van der Waals surface area contributed by atoms with E-state index in [1.54, 1.807) is 4.90 Å². The molecule has 0 aromatic heterocycles. The van der Waals surface area contributed by atoms with Crippen LogP contribution < -0.4 is 5.32 Å². The molecule has 0 spiro atoms. The van der Waals surface area contributed by atoms with Crippen molar-refractivity contribution in [3.8, 4) is 0 Å². The van der Waals surface area contributed by atoms with E-state index in [9.17, 15) is 14.7 Å². The number of carbonyl (C=O) groups excluding carboxylic acids is 2. The Balaban J connectivity index is 1.50. The normalized spacial score (nSPS) is 18.1. The second kappa shape index (κ2) is 7.79. The minimum atomic E-state index is -0.290. The Labute approximate surface area is 143 Å². The first-order valence-electron chi connectivity index (χ1n) is 9.00. The first-order chi connectivity index (χ1) is 11.6. The molecule has 3 rings (SSSR count). The van der Waals surface area contributed by atoms with Gasteiger partial charge < -0.3 is 15.3 Å². The molecule has 1 heterocycles. The van der Waals surface area contributed by atoms with Gasteiger partial charge in [0.05, 0.1) is 6.10 Å². The molecule has 0 unspecified atom stereocenters. The third-order valence-electron chi connectivity index (χ3n) is 5.05. The van der Waals surface area contributed by atoms with Crippen molar-refractivity contribution >= 4 is 17.5 Å². The maximum absolute atomic E-state index is 12.2. The zero-order chi connectivity index (χ0) is 16.9. The van der Waals surface area contributed by atoms with Gasteiger partial charge in [0, 0.05) is 31.6 Å². The monoisotopic (exact) mass is 330 g/mol. The number of nitrogens with zero attached hydrogens (tertiary/aromatic N) is 1. The summed E-state index contributed by atoms with van der Waals surface area (Å²) in [5.74, 6) is -0.0912. The van der Waals surface area contributed by atoms with Crippen molar-refractivity contribution in [2.45, 2.75) is 57.5 Å². The lowest BCUT2D eigenvalue weighted by atomic mass is 9.90. The Morgan fingerprint density at radius 1 is 1.12 bits per heavy atom. The number of benzene rings is 1. The number of fused-ring (bicyclic) bond motifs is 1. The predicted molar refractivity (Wildman–Crippen MR) is 92.8 cm³/mol. The second-order valence-corrected chi connectivity index (χ2v) is 6.81. The molecule has 130 valence electrons. The van der Waals surface area contributed by atoms with E-state index >= 15 is 0 Å². The lowest BCUT2D eigenvalue weighted by Crippen LogP contribution is -2.40. The highest BCUT2D eigenvalue weighted by molar-refractivity contribution is 5.94. The number of aryl methyl sites for hydroxylation is 1. The highest BCUT2D eigenvalue weighted by Crippen LogP contribution is 2.28. The van der Waals surface area contributed by atoms with Gasteiger partial charge in [-0.15, -0.1) is 0 Å². The minimum Gasteiger partial charge on any atom is -0.393 e. The van der Waals surface area contributed by atoms with E-state index in [2.05, 4.69) is 11.4 Å². The minimum absolute atomic E-state index is 0.00661. The van der Waals surface area contributed by atoms with Gasteiger partial charge in [-0.1, -0.05) is 12.1 Å². The van der Waals surface area contributed by atoms with E-state index in [1.807, 2.05) is 12.1 Å². The van der Waals surface area contributed by atoms with E-state index in [0.717, 1.165) is 18.5 Å². The topological polar surface area (TPSA) is 69.6 Å². The number of piperidine rings is 1. The fraction of sp³-hybridized carbons (Fsp3) is 0.579. The molecule has 0 bridgehead atoms. The lowest BCUT2D eigenvalue weighted by molar-refractivity contribution is -0.134. The average molecular weight is 330 g/mol. The average Bonchev–Trinajstić information content (AvgIpc) is 2.61. The third-order valence-corrected chi connectivity index (χ3v) is 5.05. The van der Waals surface area contributed by atoms with E-state index in [1.165, 1.54) is 24.0 Å². The summed E-state index contributed by atoms with van der Waals surface area (Å²) in [6, 6.07) is 6.08. The number of amides is 2. The molecule has 24 heavy (non-hydrogen) atoms. The summed E-state index contributed by atoms with van der Waals surface area (Å²) >= 11 is 0. The summed E-state index contributed by atoms with van der Waals surface area (Å²) in [6.45, 7) is 1.18. The molecular formula is C19H26N2O3. The van der Waals surface area contributed by atoms with Crippen molar-refractivity contribution in [1.82, 2.24) is 4.90 Å². The molecule has 2 amide bonds. The van der Waals surface area contributed by atoms with Gasteiger partial charge in [0.15, 0.2) is 0 Å². The zero-order valence-corrected chi connectivity index (χ0v) is 14.1. The summed E-state index contributed by atoms with van der Waals surface area (Å²) in [5.41, 5.74) is 3.50. The molecule has 0 atom stereocenters. The van der Waals surface area contributed by atoms with Gasteiger partial charge in [0.25, 0.3) is 0 Å². The van der Waals surface area contributed by atoms with Crippen LogP contribution in [0.15, 0.2) is 18.2 Å². The van der Waals surface area contributed by atoms with Crippen LogP contribution in [-0.2, 0) is 22.4 Å². The van der Waals surface area contributed by atoms with Gasteiger partial charge >= 0.3 is 0 Å². The molecule has 5 heteroatoms. The van der Waals surface area contributed by atoms with Crippen LogP contribution in [0.3, 0.4) is 0 Å². The van der Waals surface area contributed by atoms with Gasteiger partial charge in [-0.2, -0.15) is 0 Å². The number of hydrogen-bond donors (Lipinski definition) is 2. The highest BCUT2D eigenvalue weighted by Gasteiger charge is 2.22. The number of aliphatic hydroxyl groups is 1. The largest absolute Gasteiger partial charge is 0.393 e. The van der Waals surface area contributed by atoms with Gasteiger partial charge in [0.1, 0.15) is 0 Å². The quantitative estimate of drug-likeness (QED) is 0.890. The zero-order valence-electron chi connectivity index (χ0n) is 14.1. The first-order valence-corrected chi connectivity index (χ1v) is 9.00. The highest BCUT2D eigenvalue weighted by atomic mass is 16.3. The van der Waals surface area contributed by atoms with E-state index in [-0.39, 0.29) is 30.8 Å². The van der Waals surface area contributed by atoms with E-state index < -0.39 is 0 Å². The van der Waals surface area contributed by atoms with Crippen molar-refractivity contribution < 1.29 is 14.7 Å². The number of nitrogens with one attached hydrogen (secondary N) is 1. The van der Waals surface area contributed by atoms with Crippen LogP contribution in [0.4, 0.5) is 5.69 Å². The van der Waals surface area contributed by atoms with Crippen LogP contribution in [0.5, 0.6) is 0 Å². The molecule has 1 aliphatic carbocycles. The lowest BCUT2D eigenvalue weighted by Gasteiger charge is -2.29. The Hall–Kier alpha value is -1.88. The molecule has 2 aliphatic rings. The predicted octanol–water partition coefficient (Wildman–Crippen LogP) is 2.27. The fourth-order valence-corrected chi connectivity index (χ4v) is 3.60. The summed E-state index contributed by atoms with van der Waals surface area (Å²) in [7, 11) is 0. The van der Waals surface area contributed by atoms with Crippen LogP contribution in [0.25, 0.3) is 0 Å². The number of rotatable bonds is 4. The Morgan fingerprint density at radius 2 is 1.88 bits per heavy atom. The summed E-state index contributed by atoms with van der Waals surface area (Å²) in [6.07, 6.45) is 5.89. The van der Waals surface area contributed by atoms with E-state index in [4.69, 9.17) is 0 Å². The van der Waals surface area contributed by atoms with E-state index in [0.29, 0.717) is 25.9 Å². The van der Waals surface area contributed by atoms with Crippen molar-refractivity contribution in [1.29, 1.82) is 0 Å². The number of hydrogen-bond acceptors (Lipinski definition) is 3. The van der Waals surface area contributed by atoms with Crippen molar-refractivity contribution in [3.63, 3.8) is 0 Å². The molecule has 1 saturated heterocycles. The molecule has 0 saturated carbocycles. The van der Waals surface area contributed by atoms with Crippen LogP contribution in [0, 0.1) is 0 Å². The Morgan fingerprint density at radius 3 is 2.67 bits per heavy atom. The van der Waals surface area contributed by atoms with Crippen molar-refractivity contribution in [2.24, 2.45) is 0 Å². The number of likely N-dealkylation sites (tertiary alicyclic amines) is 1. The molecule has 1 fully saturated rings. The first kappa shape index (κ1) is 17.0. The SMILES string of the molecule is O=C(CCC(=O)N1CCC(O)CC1)Nc1cccc2c1CCCC2. The standard InChI is InChI=1S/C19H26N2O3/c22-15-10-12-21(13-11-15)19(24)9-8-18(23)20-17-7-3-5-14-4-1-2-6-16(14)17/h3,5,7,15,22H,1-2,4,6,8-13H2,(H,20,23). The van der Waals surface area contributed by atoms with Gasteiger partial charge in [-0.25, -0.2) is 0 Å². The summed E-state index contributed by atoms with van der Waals surface area (Å²) < 4.78 is 0. The molecule has 1 aliphatic heterocycles. The fourth-order valence-electron chi connectivity index (χ4n) is 3.60. The van der Waals surface area contributed by atoms with Gasteiger partial charge in [-0.3, -0.25) is 9.59 Å². The van der Waals surface area contributed by atoms with Crippen molar-refractivity contribution in [2.75, 3.05) is 18.4 Å². The smallest absolute Gasteiger partial charge is 0.224 e.